The van der Waals surface area contributed by atoms with E-state index in [-0.39, 0.29) is 0 Å². The molecule has 0 bridgehead atoms. The molecule has 0 aliphatic rings. The van der Waals surface area contributed by atoms with Crippen molar-refractivity contribution in [3.8, 4) is 11.1 Å². The predicted octanol–water partition coefficient (Wildman–Crippen LogP) is 6.32. The van der Waals surface area contributed by atoms with Gasteiger partial charge in [-0.15, -0.1) is 0 Å². The van der Waals surface area contributed by atoms with Crippen LogP contribution in [-0.2, 0) is 0 Å². The highest BCUT2D eigenvalue weighted by molar-refractivity contribution is 9.10. The Morgan fingerprint density at radius 1 is 0.857 bits per heavy atom. The Kier molecular flexibility index (Phi) is 2.86. The maximum Gasteiger partial charge on any atom is 0.135 e. The normalized spacial score (nSPS) is 11.3. The van der Waals surface area contributed by atoms with Crippen LogP contribution in [0.1, 0.15) is 5.76 Å². The number of aryl methyl sites for hydroxylation is 1. The lowest BCUT2D eigenvalue weighted by molar-refractivity contribution is 0.580. The zero-order valence-electron chi connectivity index (χ0n) is 11.6. The van der Waals surface area contributed by atoms with Crippen molar-refractivity contribution in [1.82, 2.24) is 0 Å². The summed E-state index contributed by atoms with van der Waals surface area (Å²) in [4.78, 5) is 0. The molecule has 0 saturated heterocycles. The van der Waals surface area contributed by atoms with Gasteiger partial charge in [-0.25, -0.2) is 0 Å². The largest absolute Gasteiger partial charge is 0.461 e. The van der Waals surface area contributed by atoms with Crippen LogP contribution in [-0.4, -0.2) is 0 Å². The number of hydrogen-bond acceptors (Lipinski definition) is 1. The molecule has 0 radical (unpaired) electrons. The first-order chi connectivity index (χ1) is 10.2. The lowest BCUT2D eigenvalue weighted by Gasteiger charge is -2.04. The minimum absolute atomic E-state index is 0.948. The molecule has 0 aliphatic heterocycles. The maximum absolute atomic E-state index is 5.98. The molecule has 1 aromatic heterocycles. The van der Waals surface area contributed by atoms with Crippen LogP contribution in [0.25, 0.3) is 32.9 Å². The molecule has 4 aromatic rings. The second-order valence-corrected chi connectivity index (χ2v) is 6.12. The number of benzene rings is 3. The van der Waals surface area contributed by atoms with Crippen molar-refractivity contribution >= 4 is 37.7 Å². The van der Waals surface area contributed by atoms with E-state index in [2.05, 4.69) is 76.6 Å². The van der Waals surface area contributed by atoms with Crippen LogP contribution in [0.15, 0.2) is 69.6 Å². The number of rotatable bonds is 1. The van der Waals surface area contributed by atoms with Gasteiger partial charge in [-0.05, 0) is 41.5 Å². The molecule has 0 spiro atoms. The molecule has 0 N–H and O–H groups in total. The van der Waals surface area contributed by atoms with Crippen LogP contribution in [0.5, 0.6) is 0 Å². The lowest BCUT2D eigenvalue weighted by Crippen LogP contribution is -1.80. The van der Waals surface area contributed by atoms with E-state index in [1.807, 2.05) is 6.92 Å². The summed E-state index contributed by atoms with van der Waals surface area (Å²) in [6.45, 7) is 2.03. The molecule has 3 aromatic carbocycles. The molecular weight excluding hydrogens is 324 g/mol. The Balaban J connectivity index is 2.14. The molecule has 1 nitrogen and oxygen atoms in total. The summed E-state index contributed by atoms with van der Waals surface area (Å²) in [6, 6.07) is 21.0. The van der Waals surface area contributed by atoms with Gasteiger partial charge in [0.25, 0.3) is 0 Å². The van der Waals surface area contributed by atoms with Gasteiger partial charge in [-0.3, -0.25) is 0 Å². The zero-order chi connectivity index (χ0) is 14.4. The number of furan rings is 1. The van der Waals surface area contributed by atoms with Gasteiger partial charge in [0.2, 0.25) is 0 Å². The van der Waals surface area contributed by atoms with Crippen molar-refractivity contribution in [1.29, 1.82) is 0 Å². The van der Waals surface area contributed by atoms with Crippen molar-refractivity contribution in [2.24, 2.45) is 0 Å². The second kappa shape index (κ2) is 4.74. The third-order valence-corrected chi connectivity index (χ3v) is 4.42. The Morgan fingerprint density at radius 3 is 2.43 bits per heavy atom. The van der Waals surface area contributed by atoms with Gasteiger partial charge in [0.1, 0.15) is 11.3 Å². The van der Waals surface area contributed by atoms with Gasteiger partial charge in [0, 0.05) is 15.4 Å². The zero-order valence-corrected chi connectivity index (χ0v) is 13.1. The Bertz CT molecular complexity index is 949. The summed E-state index contributed by atoms with van der Waals surface area (Å²) in [7, 11) is 0. The average molecular weight is 337 g/mol. The fourth-order valence-electron chi connectivity index (χ4n) is 2.95. The van der Waals surface area contributed by atoms with E-state index in [1.54, 1.807) is 0 Å². The molecule has 0 aliphatic carbocycles. The molecule has 4 rings (SSSR count). The van der Waals surface area contributed by atoms with Gasteiger partial charge >= 0.3 is 0 Å². The van der Waals surface area contributed by atoms with Gasteiger partial charge in [-0.1, -0.05) is 58.4 Å². The minimum atomic E-state index is 0.948. The van der Waals surface area contributed by atoms with Crippen molar-refractivity contribution in [3.63, 3.8) is 0 Å². The van der Waals surface area contributed by atoms with Crippen LogP contribution in [0, 0.1) is 6.92 Å². The van der Waals surface area contributed by atoms with E-state index in [9.17, 15) is 0 Å². The molecule has 1 heterocycles. The van der Waals surface area contributed by atoms with Gasteiger partial charge in [-0.2, -0.15) is 0 Å². The number of halogens is 1. The van der Waals surface area contributed by atoms with Crippen LogP contribution in [0.3, 0.4) is 0 Å². The monoisotopic (exact) mass is 336 g/mol. The number of fused-ring (bicyclic) bond motifs is 3. The van der Waals surface area contributed by atoms with E-state index < -0.39 is 0 Å². The fourth-order valence-corrected chi connectivity index (χ4v) is 3.21. The third-order valence-electron chi connectivity index (χ3n) is 3.89. The van der Waals surface area contributed by atoms with Crippen LogP contribution in [0.4, 0.5) is 0 Å². The first-order valence-corrected chi connectivity index (χ1v) is 7.70. The van der Waals surface area contributed by atoms with E-state index in [0.29, 0.717) is 0 Å². The molecule has 0 unspecified atom stereocenters. The summed E-state index contributed by atoms with van der Waals surface area (Å²) in [5.74, 6) is 0.962. The van der Waals surface area contributed by atoms with Crippen LogP contribution < -0.4 is 0 Å². The van der Waals surface area contributed by atoms with Crippen LogP contribution >= 0.6 is 15.9 Å². The van der Waals surface area contributed by atoms with Gasteiger partial charge in [0.15, 0.2) is 0 Å². The summed E-state index contributed by atoms with van der Waals surface area (Å²) in [6.07, 6.45) is 0. The highest BCUT2D eigenvalue weighted by Crippen LogP contribution is 2.39. The Labute approximate surface area is 131 Å². The molecule has 0 fully saturated rings. The van der Waals surface area contributed by atoms with Crippen molar-refractivity contribution in [3.05, 3.63) is 70.9 Å². The lowest BCUT2D eigenvalue weighted by atomic mass is 9.98. The van der Waals surface area contributed by atoms with E-state index >= 15 is 0 Å². The standard InChI is InChI=1S/C19H13BrO/c1-12-18(14-6-9-15(20)10-7-14)19-16-5-3-2-4-13(16)8-11-17(19)21-12/h2-11H,1H3. The maximum atomic E-state index is 5.98. The van der Waals surface area contributed by atoms with Crippen molar-refractivity contribution in [2.45, 2.75) is 6.92 Å². The summed E-state index contributed by atoms with van der Waals surface area (Å²) >= 11 is 3.49. The Morgan fingerprint density at radius 2 is 1.62 bits per heavy atom. The van der Waals surface area contributed by atoms with Crippen molar-refractivity contribution in [2.75, 3.05) is 0 Å². The third kappa shape index (κ3) is 1.98. The summed E-state index contributed by atoms with van der Waals surface area (Å²) < 4.78 is 7.06. The highest BCUT2D eigenvalue weighted by Gasteiger charge is 2.15. The molecule has 0 atom stereocenters. The molecule has 21 heavy (non-hydrogen) atoms. The first-order valence-electron chi connectivity index (χ1n) is 6.91. The number of hydrogen-bond donors (Lipinski definition) is 0. The van der Waals surface area contributed by atoms with Crippen LogP contribution in [0.2, 0.25) is 0 Å². The quantitative estimate of drug-likeness (QED) is 0.396. The van der Waals surface area contributed by atoms with E-state index in [4.69, 9.17) is 4.42 Å². The molecule has 0 saturated carbocycles. The molecule has 0 amide bonds. The van der Waals surface area contributed by atoms with Crippen molar-refractivity contribution < 1.29 is 4.42 Å². The van der Waals surface area contributed by atoms with E-state index in [1.165, 1.54) is 27.3 Å². The average Bonchev–Trinajstić information content (AvgIpc) is 2.85. The second-order valence-electron chi connectivity index (χ2n) is 5.20. The Hall–Kier alpha value is -2.06. The summed E-state index contributed by atoms with van der Waals surface area (Å²) in [5, 5.41) is 3.68. The van der Waals surface area contributed by atoms with Gasteiger partial charge in [0.05, 0.1) is 0 Å². The van der Waals surface area contributed by atoms with E-state index in [0.717, 1.165) is 15.8 Å². The smallest absolute Gasteiger partial charge is 0.135 e. The predicted molar refractivity (Wildman–Crippen MR) is 91.6 cm³/mol. The fraction of sp³-hybridized carbons (Fsp3) is 0.0526. The molecule has 2 heteroatoms. The molecule has 102 valence electrons. The molecular formula is C19H13BrO. The minimum Gasteiger partial charge on any atom is -0.461 e. The van der Waals surface area contributed by atoms with Gasteiger partial charge < -0.3 is 4.42 Å². The SMILES string of the molecule is Cc1oc2ccc3ccccc3c2c1-c1ccc(Br)cc1. The first kappa shape index (κ1) is 12.7. The highest BCUT2D eigenvalue weighted by atomic mass is 79.9. The summed E-state index contributed by atoms with van der Waals surface area (Å²) in [5.41, 5.74) is 3.32. The topological polar surface area (TPSA) is 13.1 Å².